The van der Waals surface area contributed by atoms with Crippen LogP contribution in [0.1, 0.15) is 18.1 Å². The van der Waals surface area contributed by atoms with Crippen LogP contribution in [0.3, 0.4) is 0 Å². The van der Waals surface area contributed by atoms with Gasteiger partial charge in [-0.1, -0.05) is 30.0 Å². The fourth-order valence-electron chi connectivity index (χ4n) is 2.96. The van der Waals surface area contributed by atoms with Crippen LogP contribution in [0.15, 0.2) is 53.1 Å². The maximum Gasteiger partial charge on any atom is 0.269 e. The number of anilines is 2. The van der Waals surface area contributed by atoms with E-state index in [0.29, 0.717) is 22.2 Å². The number of methoxy groups -OCH3 is 1. The molecule has 1 fully saturated rings. The predicted octanol–water partition coefficient (Wildman–Crippen LogP) is 4.15. The Morgan fingerprint density at radius 2 is 1.93 bits per heavy atom. The van der Waals surface area contributed by atoms with E-state index < -0.39 is 11.2 Å². The fourth-order valence-corrected chi connectivity index (χ4v) is 4.06. The Kier molecular flexibility index (Phi) is 5.95. The van der Waals surface area contributed by atoms with Gasteiger partial charge < -0.3 is 10.1 Å². The maximum absolute atomic E-state index is 12.9. The van der Waals surface area contributed by atoms with Gasteiger partial charge in [0.2, 0.25) is 5.91 Å². The quantitative estimate of drug-likeness (QED) is 0.608. The number of nitrogens with one attached hydrogen (secondary N) is 1. The van der Waals surface area contributed by atoms with Crippen LogP contribution >= 0.6 is 11.8 Å². The van der Waals surface area contributed by atoms with E-state index in [0.717, 1.165) is 11.1 Å². The molecule has 0 aromatic heterocycles. The third-order valence-corrected chi connectivity index (χ3v) is 5.88. The number of amides is 2. The van der Waals surface area contributed by atoms with Crippen LogP contribution < -0.4 is 15.0 Å². The molecule has 1 N–H and O–H groups in total. The van der Waals surface area contributed by atoms with E-state index in [9.17, 15) is 14.9 Å². The molecule has 1 atom stereocenters. The molecule has 1 heterocycles. The number of ether oxygens (including phenoxy) is 1. The number of nitriles is 1. The monoisotopic (exact) mass is 407 g/mol. The summed E-state index contributed by atoms with van der Waals surface area (Å²) in [5, 5.41) is 12.4. The zero-order chi connectivity index (χ0) is 21.1. The number of nitrogens with zero attached hydrogens (tertiary/aromatic N) is 2. The molecule has 0 bridgehead atoms. The highest BCUT2D eigenvalue weighted by atomic mass is 32.2. The second-order valence-corrected chi connectivity index (χ2v) is 7.98. The highest BCUT2D eigenvalue weighted by Crippen LogP contribution is 2.41. The van der Waals surface area contributed by atoms with Crippen molar-refractivity contribution < 1.29 is 14.3 Å². The Balaban J connectivity index is 2.04. The molecule has 1 unspecified atom stereocenters. The highest BCUT2D eigenvalue weighted by Gasteiger charge is 2.38. The number of carbonyl (C=O) groups excluding carboxylic acids is 2. The topological polar surface area (TPSA) is 82.4 Å². The molecule has 0 spiro atoms. The van der Waals surface area contributed by atoms with Gasteiger partial charge in [0.25, 0.3) is 5.91 Å². The van der Waals surface area contributed by atoms with Gasteiger partial charge in [-0.05, 0) is 56.2 Å². The van der Waals surface area contributed by atoms with Crippen molar-refractivity contribution in [3.8, 4) is 11.8 Å². The molecule has 29 heavy (non-hydrogen) atoms. The molecule has 7 heteroatoms. The van der Waals surface area contributed by atoms with E-state index in [4.69, 9.17) is 4.74 Å². The molecular formula is C22H21N3O3S. The van der Waals surface area contributed by atoms with Crippen LogP contribution in [0.5, 0.6) is 5.75 Å². The lowest BCUT2D eigenvalue weighted by atomic mass is 10.1. The number of hydrogen-bond acceptors (Lipinski definition) is 5. The number of para-hydroxylation sites is 2. The van der Waals surface area contributed by atoms with Gasteiger partial charge >= 0.3 is 0 Å². The molecule has 2 aromatic carbocycles. The van der Waals surface area contributed by atoms with E-state index in [2.05, 4.69) is 5.32 Å². The molecule has 2 amide bonds. The first-order valence-electron chi connectivity index (χ1n) is 9.04. The summed E-state index contributed by atoms with van der Waals surface area (Å²) < 4.78 is 5.25. The average Bonchev–Trinajstić information content (AvgIpc) is 2.99. The third-order valence-electron chi connectivity index (χ3n) is 4.72. The molecule has 0 radical (unpaired) electrons. The van der Waals surface area contributed by atoms with Crippen LogP contribution in [-0.2, 0) is 9.59 Å². The molecular weight excluding hydrogens is 386 g/mol. The van der Waals surface area contributed by atoms with Crippen LogP contribution in [0.4, 0.5) is 11.4 Å². The minimum atomic E-state index is -0.588. The summed E-state index contributed by atoms with van der Waals surface area (Å²) in [5.41, 5.74) is 3.10. The second-order valence-electron chi connectivity index (χ2n) is 6.65. The van der Waals surface area contributed by atoms with Gasteiger partial charge in [0.05, 0.1) is 18.0 Å². The Morgan fingerprint density at radius 3 is 2.59 bits per heavy atom. The maximum atomic E-state index is 12.9. The molecule has 0 saturated carbocycles. The summed E-state index contributed by atoms with van der Waals surface area (Å²) >= 11 is 1.21. The summed E-state index contributed by atoms with van der Waals surface area (Å²) in [6.45, 7) is 5.71. The van der Waals surface area contributed by atoms with Crippen molar-refractivity contribution >= 4 is 35.0 Å². The third kappa shape index (κ3) is 3.98. The van der Waals surface area contributed by atoms with Gasteiger partial charge in [-0.15, -0.1) is 0 Å². The van der Waals surface area contributed by atoms with Crippen molar-refractivity contribution in [1.29, 1.82) is 5.26 Å². The van der Waals surface area contributed by atoms with Crippen LogP contribution in [0.25, 0.3) is 0 Å². The molecule has 148 valence electrons. The Labute approximate surface area is 174 Å². The first-order valence-corrected chi connectivity index (χ1v) is 9.92. The average molecular weight is 407 g/mol. The predicted molar refractivity (Wildman–Crippen MR) is 115 cm³/mol. The van der Waals surface area contributed by atoms with Gasteiger partial charge in [0.15, 0.2) is 0 Å². The van der Waals surface area contributed by atoms with Crippen molar-refractivity contribution in [3.63, 3.8) is 0 Å². The molecule has 3 rings (SSSR count). The van der Waals surface area contributed by atoms with E-state index in [1.165, 1.54) is 23.8 Å². The Bertz CT molecular complexity index is 1060. The Hall–Kier alpha value is -3.24. The molecule has 0 aliphatic carbocycles. The summed E-state index contributed by atoms with van der Waals surface area (Å²) in [6.07, 6.45) is 0. The molecule has 1 aliphatic heterocycles. The lowest BCUT2D eigenvalue weighted by Gasteiger charge is -2.20. The van der Waals surface area contributed by atoms with E-state index >= 15 is 0 Å². The fraction of sp³-hybridized carbons (Fsp3) is 0.227. The summed E-state index contributed by atoms with van der Waals surface area (Å²) in [6, 6.07) is 14.6. The van der Waals surface area contributed by atoms with Crippen molar-refractivity contribution in [2.24, 2.45) is 0 Å². The van der Waals surface area contributed by atoms with Gasteiger partial charge in [0.1, 0.15) is 22.4 Å². The normalized spacial score (nSPS) is 17.7. The van der Waals surface area contributed by atoms with E-state index in [-0.39, 0.29) is 11.5 Å². The molecule has 1 saturated heterocycles. The summed E-state index contributed by atoms with van der Waals surface area (Å²) in [7, 11) is 1.50. The summed E-state index contributed by atoms with van der Waals surface area (Å²) in [4.78, 5) is 27.2. The number of thioether (sulfide) groups is 1. The Morgan fingerprint density at radius 1 is 1.21 bits per heavy atom. The molecule has 1 aliphatic rings. The zero-order valence-electron chi connectivity index (χ0n) is 16.6. The number of hydrogen-bond donors (Lipinski definition) is 1. The van der Waals surface area contributed by atoms with Gasteiger partial charge in [-0.2, -0.15) is 5.26 Å². The van der Waals surface area contributed by atoms with Crippen LogP contribution in [0, 0.1) is 25.2 Å². The lowest BCUT2D eigenvalue weighted by Crippen LogP contribution is -2.29. The standard InChI is InChI=1S/C22H21N3O3S/c1-13-9-10-16(11-14(13)2)25-21(27)15(3)29-22(25)17(12-23)20(26)24-18-7-5-6-8-19(18)28-4/h5-11,15H,1-4H3,(H,24,26)/b22-17-. The largest absolute Gasteiger partial charge is 0.495 e. The van der Waals surface area contributed by atoms with Crippen molar-refractivity contribution in [1.82, 2.24) is 0 Å². The SMILES string of the molecule is COc1ccccc1NC(=O)/C(C#N)=C1\SC(C)C(=O)N1c1ccc(C)c(C)c1. The molecule has 6 nitrogen and oxygen atoms in total. The van der Waals surface area contributed by atoms with Crippen LogP contribution in [-0.4, -0.2) is 24.2 Å². The van der Waals surface area contributed by atoms with Crippen molar-refractivity contribution in [3.05, 3.63) is 64.2 Å². The van der Waals surface area contributed by atoms with E-state index in [1.54, 1.807) is 31.2 Å². The summed E-state index contributed by atoms with van der Waals surface area (Å²) in [5.74, 6) is -0.265. The minimum absolute atomic E-state index is 0.114. The number of aryl methyl sites for hydroxylation is 2. The number of carbonyl (C=O) groups is 2. The van der Waals surface area contributed by atoms with Gasteiger partial charge in [0, 0.05) is 5.69 Å². The first kappa shape index (κ1) is 20.5. The van der Waals surface area contributed by atoms with Crippen molar-refractivity contribution in [2.45, 2.75) is 26.0 Å². The second kappa shape index (κ2) is 8.41. The molecule has 2 aromatic rings. The van der Waals surface area contributed by atoms with Gasteiger partial charge in [-0.3, -0.25) is 14.5 Å². The first-order chi connectivity index (χ1) is 13.9. The number of benzene rings is 2. The minimum Gasteiger partial charge on any atom is -0.495 e. The number of rotatable bonds is 4. The van der Waals surface area contributed by atoms with Crippen LogP contribution in [0.2, 0.25) is 0 Å². The van der Waals surface area contributed by atoms with Crippen molar-refractivity contribution in [2.75, 3.05) is 17.3 Å². The lowest BCUT2D eigenvalue weighted by molar-refractivity contribution is -0.116. The highest BCUT2D eigenvalue weighted by molar-refractivity contribution is 8.05. The van der Waals surface area contributed by atoms with Gasteiger partial charge in [-0.25, -0.2) is 0 Å². The zero-order valence-corrected chi connectivity index (χ0v) is 17.5. The van der Waals surface area contributed by atoms with E-state index in [1.807, 2.05) is 38.1 Å². The smallest absolute Gasteiger partial charge is 0.269 e.